The molecule has 0 atom stereocenters. The molecule has 116 valence electrons. The fraction of sp³-hybridized carbons (Fsp3) is 0.533. The Hall–Kier alpha value is -1.27. The lowest BCUT2D eigenvalue weighted by Gasteiger charge is -2.25. The summed E-state index contributed by atoms with van der Waals surface area (Å²) in [4.78, 5) is 12.9. The Kier molecular flexibility index (Phi) is 5.47. The van der Waals surface area contributed by atoms with Gasteiger partial charge in [0, 0.05) is 17.6 Å². The first-order valence-corrected chi connectivity index (χ1v) is 7.77. The number of ether oxygens (including phenoxy) is 2. The Morgan fingerprint density at radius 3 is 2.52 bits per heavy atom. The molecule has 0 amide bonds. The highest BCUT2D eigenvalue weighted by Gasteiger charge is 2.18. The Balaban J connectivity index is 2.17. The molecule has 1 aromatic carbocycles. The lowest BCUT2D eigenvalue weighted by molar-refractivity contribution is -0.138. The summed E-state index contributed by atoms with van der Waals surface area (Å²) in [6.45, 7) is 6.56. The lowest BCUT2D eigenvalue weighted by Crippen LogP contribution is -2.32. The van der Waals surface area contributed by atoms with Gasteiger partial charge in [0.2, 0.25) is 0 Å². The third-order valence-corrected chi connectivity index (χ3v) is 3.83. The third kappa shape index (κ3) is 4.61. The van der Waals surface area contributed by atoms with Gasteiger partial charge < -0.3 is 14.6 Å². The predicted octanol–water partition coefficient (Wildman–Crippen LogP) is 2.76. The summed E-state index contributed by atoms with van der Waals surface area (Å²) >= 11 is 3.53. The van der Waals surface area contributed by atoms with Crippen LogP contribution in [0, 0.1) is 5.92 Å². The van der Waals surface area contributed by atoms with Crippen LogP contribution in [0.2, 0.25) is 0 Å². The van der Waals surface area contributed by atoms with Crippen LogP contribution in [0.25, 0.3) is 0 Å². The van der Waals surface area contributed by atoms with Crippen molar-refractivity contribution in [3.05, 3.63) is 22.2 Å². The zero-order chi connectivity index (χ0) is 15.4. The van der Waals surface area contributed by atoms with Gasteiger partial charge in [-0.3, -0.25) is 9.69 Å². The van der Waals surface area contributed by atoms with Gasteiger partial charge in [0.15, 0.2) is 11.5 Å². The van der Waals surface area contributed by atoms with Gasteiger partial charge in [-0.15, -0.1) is 0 Å². The zero-order valence-electron chi connectivity index (χ0n) is 12.3. The highest BCUT2D eigenvalue weighted by atomic mass is 79.9. The number of benzene rings is 1. The van der Waals surface area contributed by atoms with Gasteiger partial charge in [-0.05, 0) is 23.6 Å². The molecule has 1 N–H and O–H groups in total. The van der Waals surface area contributed by atoms with Crippen LogP contribution in [0.5, 0.6) is 11.5 Å². The Bertz CT molecular complexity index is 519. The summed E-state index contributed by atoms with van der Waals surface area (Å²) in [5, 5.41) is 9.04. The normalized spacial score (nSPS) is 13.8. The maximum absolute atomic E-state index is 11.0. The van der Waals surface area contributed by atoms with Gasteiger partial charge >= 0.3 is 5.97 Å². The van der Waals surface area contributed by atoms with Crippen LogP contribution in [0.15, 0.2) is 16.6 Å². The van der Waals surface area contributed by atoms with Crippen molar-refractivity contribution >= 4 is 21.9 Å². The largest absolute Gasteiger partial charge is 0.486 e. The first-order valence-electron chi connectivity index (χ1n) is 6.98. The number of carboxylic acid groups (broad SMARTS) is 1. The van der Waals surface area contributed by atoms with Crippen molar-refractivity contribution in [2.75, 3.05) is 26.3 Å². The summed E-state index contributed by atoms with van der Waals surface area (Å²) in [6, 6.07) is 3.81. The molecule has 1 aliphatic rings. The maximum Gasteiger partial charge on any atom is 0.317 e. The number of fused-ring (bicyclic) bond motifs is 1. The number of nitrogens with zero attached hydrogens (tertiary/aromatic N) is 1. The van der Waals surface area contributed by atoms with E-state index >= 15 is 0 Å². The van der Waals surface area contributed by atoms with Crippen molar-refractivity contribution in [1.29, 1.82) is 0 Å². The van der Waals surface area contributed by atoms with Crippen LogP contribution >= 0.6 is 15.9 Å². The molecule has 1 heterocycles. The molecule has 0 unspecified atom stereocenters. The smallest absolute Gasteiger partial charge is 0.317 e. The molecule has 0 spiro atoms. The van der Waals surface area contributed by atoms with Crippen molar-refractivity contribution in [2.45, 2.75) is 20.4 Å². The average Bonchev–Trinajstić information content (AvgIpc) is 2.38. The maximum atomic E-state index is 11.0. The number of aliphatic carboxylic acids is 1. The SMILES string of the molecule is CC(C)CN(CC(=O)O)Cc1cc2c(cc1Br)OCCO2. The minimum atomic E-state index is -0.815. The van der Waals surface area contributed by atoms with Gasteiger partial charge in [-0.1, -0.05) is 29.8 Å². The number of carboxylic acids is 1. The molecule has 0 fully saturated rings. The standard InChI is InChI=1S/C15H20BrNO4/c1-10(2)7-17(9-15(18)19)8-11-5-13-14(6-12(11)16)21-4-3-20-13/h5-6,10H,3-4,7-9H2,1-2H3,(H,18,19). The van der Waals surface area contributed by atoms with E-state index in [0.29, 0.717) is 25.7 Å². The average molecular weight is 358 g/mol. The quantitative estimate of drug-likeness (QED) is 0.848. The van der Waals surface area contributed by atoms with Crippen molar-refractivity contribution < 1.29 is 19.4 Å². The molecule has 0 aromatic heterocycles. The van der Waals surface area contributed by atoms with Gasteiger partial charge in [-0.25, -0.2) is 0 Å². The van der Waals surface area contributed by atoms with E-state index in [4.69, 9.17) is 14.6 Å². The predicted molar refractivity (Wildman–Crippen MR) is 82.9 cm³/mol. The molecular formula is C15H20BrNO4. The van der Waals surface area contributed by atoms with Crippen molar-refractivity contribution in [3.63, 3.8) is 0 Å². The fourth-order valence-corrected chi connectivity index (χ4v) is 2.81. The van der Waals surface area contributed by atoms with E-state index in [0.717, 1.165) is 28.1 Å². The minimum Gasteiger partial charge on any atom is -0.486 e. The summed E-state index contributed by atoms with van der Waals surface area (Å²) in [7, 11) is 0. The summed E-state index contributed by atoms with van der Waals surface area (Å²) < 4.78 is 12.0. The van der Waals surface area contributed by atoms with E-state index in [2.05, 4.69) is 29.8 Å². The van der Waals surface area contributed by atoms with Crippen LogP contribution in [0.3, 0.4) is 0 Å². The molecule has 1 aromatic rings. The van der Waals surface area contributed by atoms with Crippen molar-refractivity contribution in [3.8, 4) is 11.5 Å². The van der Waals surface area contributed by atoms with Crippen LogP contribution in [0.1, 0.15) is 19.4 Å². The van der Waals surface area contributed by atoms with Crippen LogP contribution in [0.4, 0.5) is 0 Å². The van der Waals surface area contributed by atoms with Crippen LogP contribution in [-0.2, 0) is 11.3 Å². The molecule has 21 heavy (non-hydrogen) atoms. The van der Waals surface area contributed by atoms with Gasteiger partial charge in [0.05, 0.1) is 6.54 Å². The van der Waals surface area contributed by atoms with Gasteiger partial charge in [0.1, 0.15) is 13.2 Å². The Morgan fingerprint density at radius 2 is 1.95 bits per heavy atom. The van der Waals surface area contributed by atoms with Crippen LogP contribution in [-0.4, -0.2) is 42.3 Å². The van der Waals surface area contributed by atoms with Gasteiger partial charge in [-0.2, -0.15) is 0 Å². The minimum absolute atomic E-state index is 0.0268. The van der Waals surface area contributed by atoms with E-state index in [9.17, 15) is 4.79 Å². The summed E-state index contributed by atoms with van der Waals surface area (Å²) in [5.41, 5.74) is 1.00. The molecule has 0 saturated heterocycles. The van der Waals surface area contributed by atoms with Crippen LogP contribution < -0.4 is 9.47 Å². The monoisotopic (exact) mass is 357 g/mol. The molecule has 0 aliphatic carbocycles. The first-order chi connectivity index (χ1) is 9.95. The highest BCUT2D eigenvalue weighted by molar-refractivity contribution is 9.10. The summed E-state index contributed by atoms with van der Waals surface area (Å²) in [6.07, 6.45) is 0. The number of carbonyl (C=O) groups is 1. The van der Waals surface area contributed by atoms with E-state index in [1.165, 1.54) is 0 Å². The second-order valence-electron chi connectivity index (χ2n) is 5.54. The summed E-state index contributed by atoms with van der Waals surface area (Å²) in [5.74, 6) is 1.04. The topological polar surface area (TPSA) is 59.0 Å². The Labute approximate surface area is 133 Å². The third-order valence-electron chi connectivity index (χ3n) is 3.09. The highest BCUT2D eigenvalue weighted by Crippen LogP contribution is 2.36. The van der Waals surface area contributed by atoms with Crippen molar-refractivity contribution in [1.82, 2.24) is 4.90 Å². The molecule has 6 heteroatoms. The molecule has 0 saturated carbocycles. The zero-order valence-corrected chi connectivity index (χ0v) is 13.9. The number of hydrogen-bond acceptors (Lipinski definition) is 4. The molecule has 5 nitrogen and oxygen atoms in total. The second kappa shape index (κ2) is 7.13. The molecule has 1 aliphatic heterocycles. The van der Waals surface area contributed by atoms with E-state index in [1.807, 2.05) is 17.0 Å². The lowest BCUT2D eigenvalue weighted by atomic mass is 10.1. The fourth-order valence-electron chi connectivity index (χ4n) is 2.36. The first kappa shape index (κ1) is 16.1. The number of hydrogen-bond donors (Lipinski definition) is 1. The van der Waals surface area contributed by atoms with E-state index < -0.39 is 5.97 Å². The van der Waals surface area contributed by atoms with E-state index in [-0.39, 0.29) is 6.54 Å². The molecule has 2 rings (SSSR count). The van der Waals surface area contributed by atoms with Gasteiger partial charge in [0.25, 0.3) is 0 Å². The Morgan fingerprint density at radius 1 is 1.33 bits per heavy atom. The van der Waals surface area contributed by atoms with E-state index in [1.54, 1.807) is 0 Å². The second-order valence-corrected chi connectivity index (χ2v) is 6.40. The number of rotatable bonds is 6. The molecular weight excluding hydrogens is 338 g/mol. The molecule has 0 bridgehead atoms. The molecule has 0 radical (unpaired) electrons. The van der Waals surface area contributed by atoms with Crippen molar-refractivity contribution in [2.24, 2.45) is 5.92 Å². The number of halogens is 1.